The number of rotatable bonds is 10. The summed E-state index contributed by atoms with van der Waals surface area (Å²) in [5.41, 5.74) is 21.7. The van der Waals surface area contributed by atoms with Crippen LogP contribution in [0.25, 0.3) is 33.0 Å². The number of unbranched alkanes of at least 4 members (excludes halogenated alkanes) is 1. The van der Waals surface area contributed by atoms with Gasteiger partial charge in [-0.15, -0.1) is 18.9 Å². The molecule has 0 amide bonds. The summed E-state index contributed by atoms with van der Waals surface area (Å²) < 4.78 is 7.40. The van der Waals surface area contributed by atoms with Crippen LogP contribution in [-0.4, -0.2) is 0 Å². The van der Waals surface area contributed by atoms with Gasteiger partial charge in [0.05, 0.1) is 11.1 Å². The quantitative estimate of drug-likeness (QED) is 0.0586. The molecule has 1 heterocycles. The van der Waals surface area contributed by atoms with Gasteiger partial charge in [-0.05, 0) is 168 Å². The zero-order valence-electron chi connectivity index (χ0n) is 54.5. The highest BCUT2D eigenvalue weighted by molar-refractivity contribution is 6.01. The van der Waals surface area contributed by atoms with Crippen LogP contribution in [0.1, 0.15) is 175 Å². The van der Waals surface area contributed by atoms with Crippen LogP contribution in [0.3, 0.4) is 0 Å². The molecule has 0 aromatic heterocycles. The van der Waals surface area contributed by atoms with Crippen molar-refractivity contribution in [2.75, 3.05) is 4.90 Å². The van der Waals surface area contributed by atoms with Gasteiger partial charge in [-0.25, -0.2) is 0 Å². The Balaban J connectivity index is 0.000000601. The van der Waals surface area contributed by atoms with E-state index in [4.69, 9.17) is 4.74 Å². The van der Waals surface area contributed by atoms with Crippen LogP contribution in [0.5, 0.6) is 11.5 Å². The van der Waals surface area contributed by atoms with E-state index in [9.17, 15) is 0 Å². The Morgan fingerprint density at radius 2 is 1.28 bits per heavy atom. The molecule has 88 heavy (non-hydrogen) atoms. The second-order valence-corrected chi connectivity index (χ2v) is 23.7. The van der Waals surface area contributed by atoms with Gasteiger partial charge in [-0.1, -0.05) is 269 Å². The maximum absolute atomic E-state index is 7.40. The van der Waals surface area contributed by atoms with E-state index in [2.05, 4.69) is 284 Å². The van der Waals surface area contributed by atoms with Crippen molar-refractivity contribution >= 4 is 27.8 Å². The van der Waals surface area contributed by atoms with Gasteiger partial charge >= 0.3 is 0 Å². The first-order chi connectivity index (χ1) is 43.0. The summed E-state index contributed by atoms with van der Waals surface area (Å²) >= 11 is 0. The molecule has 4 aliphatic rings. The molecule has 0 bridgehead atoms. The van der Waals surface area contributed by atoms with Gasteiger partial charge in [-0.3, -0.25) is 0 Å². The van der Waals surface area contributed by atoms with E-state index in [1.807, 2.05) is 52.8 Å². The Hall–Kier alpha value is -8.90. The first kappa shape index (κ1) is 63.6. The van der Waals surface area contributed by atoms with Crippen molar-refractivity contribution in [2.45, 2.75) is 144 Å². The van der Waals surface area contributed by atoms with Crippen LogP contribution < -0.4 is 9.64 Å². The molecule has 0 N–H and O–H groups in total. The normalized spacial score (nSPS) is 18.1. The third-order valence-corrected chi connectivity index (χ3v) is 18.3. The molecular weight excluding hydrogens is 1060 g/mol. The highest BCUT2D eigenvalue weighted by Crippen LogP contribution is 2.66. The number of allylic oxidation sites excluding steroid dienone is 9. The lowest BCUT2D eigenvalue weighted by molar-refractivity contribution is 0.437. The second kappa shape index (κ2) is 28.3. The number of hydrogen-bond donors (Lipinski definition) is 0. The lowest BCUT2D eigenvalue weighted by Gasteiger charge is -2.41. The summed E-state index contributed by atoms with van der Waals surface area (Å²) in [5.74, 6) is 4.38. The van der Waals surface area contributed by atoms with Crippen molar-refractivity contribution in [3.05, 3.63) is 304 Å². The number of fused-ring (bicyclic) bond motifs is 15. The maximum Gasteiger partial charge on any atom is 0.140 e. The molecule has 0 saturated heterocycles. The molecule has 446 valence electrons. The lowest BCUT2D eigenvalue weighted by atomic mass is 9.65. The number of ether oxygens (including phenoxy) is 1. The Labute approximate surface area is 528 Å². The molecule has 3 aliphatic carbocycles. The van der Waals surface area contributed by atoms with E-state index < -0.39 is 5.41 Å². The SMILES string of the molecule is C#CC.C/C=C\C=C/CC.C=CCCCc1ccc2c(c1C)Oc1c(ccc3ccccc13)C21c2ccccc2-c2c(N(c3ccc4c(c3)C(C)(C)c3ccccc3-4)c3ccc4c(c3)C(C)(c3ccccc3)CC/C=C\C=C/C4C)cccc21.CC.CC. The Bertz CT molecular complexity index is 4100. The minimum absolute atomic E-state index is 0.187. The lowest BCUT2D eigenvalue weighted by Crippen LogP contribution is -2.32. The fourth-order valence-electron chi connectivity index (χ4n) is 14.1. The number of nitrogens with zero attached hydrogens (tertiary/aromatic N) is 1. The van der Waals surface area contributed by atoms with Crippen LogP contribution in [0.2, 0.25) is 0 Å². The average molecular weight is 1150 g/mol. The molecule has 9 aromatic carbocycles. The summed E-state index contributed by atoms with van der Waals surface area (Å²) in [6, 6.07) is 69.5. The molecule has 3 atom stereocenters. The zero-order chi connectivity index (χ0) is 62.6. The number of terminal acetylenes is 1. The second-order valence-electron chi connectivity index (χ2n) is 23.7. The molecule has 0 saturated carbocycles. The molecule has 13 rings (SSSR count). The van der Waals surface area contributed by atoms with E-state index in [0.717, 1.165) is 72.5 Å². The third-order valence-electron chi connectivity index (χ3n) is 18.3. The van der Waals surface area contributed by atoms with Crippen molar-refractivity contribution < 1.29 is 4.74 Å². The highest BCUT2D eigenvalue weighted by Gasteiger charge is 2.53. The van der Waals surface area contributed by atoms with Crippen LogP contribution in [0.4, 0.5) is 17.1 Å². The van der Waals surface area contributed by atoms with E-state index in [1.165, 1.54) is 88.8 Å². The number of anilines is 3. The van der Waals surface area contributed by atoms with Crippen molar-refractivity contribution in [1.29, 1.82) is 0 Å². The van der Waals surface area contributed by atoms with E-state index in [-0.39, 0.29) is 16.7 Å². The summed E-state index contributed by atoms with van der Waals surface area (Å²) in [4.78, 5) is 2.61. The summed E-state index contributed by atoms with van der Waals surface area (Å²) in [6.45, 7) is 29.7. The first-order valence-corrected chi connectivity index (χ1v) is 32.4. The minimum atomic E-state index is -0.670. The third kappa shape index (κ3) is 11.5. The Kier molecular flexibility index (Phi) is 20.4. The van der Waals surface area contributed by atoms with Gasteiger partial charge in [0.15, 0.2) is 0 Å². The number of hydrogen-bond acceptors (Lipinski definition) is 2. The molecule has 2 heteroatoms. The first-order valence-electron chi connectivity index (χ1n) is 32.4. The summed E-state index contributed by atoms with van der Waals surface area (Å²) in [5, 5.41) is 2.30. The van der Waals surface area contributed by atoms with Crippen LogP contribution >= 0.6 is 0 Å². The number of benzene rings is 9. The average Bonchev–Trinajstić information content (AvgIpc) is 1.44. The van der Waals surface area contributed by atoms with Gasteiger partial charge in [0.1, 0.15) is 11.5 Å². The van der Waals surface area contributed by atoms with Gasteiger partial charge in [0.2, 0.25) is 0 Å². The van der Waals surface area contributed by atoms with Crippen LogP contribution in [0, 0.1) is 19.3 Å². The molecule has 1 aliphatic heterocycles. The van der Waals surface area contributed by atoms with Crippen molar-refractivity contribution in [3.8, 4) is 46.1 Å². The fraction of sp³-hybridized carbons (Fsp3) is 0.256. The van der Waals surface area contributed by atoms with Gasteiger partial charge in [0.25, 0.3) is 0 Å². The van der Waals surface area contributed by atoms with E-state index in [1.54, 1.807) is 6.92 Å². The van der Waals surface area contributed by atoms with Crippen LogP contribution in [0.15, 0.2) is 243 Å². The van der Waals surface area contributed by atoms with Gasteiger partial charge in [0, 0.05) is 44.3 Å². The topological polar surface area (TPSA) is 12.5 Å². The molecule has 2 nitrogen and oxygen atoms in total. The van der Waals surface area contributed by atoms with Crippen molar-refractivity contribution in [2.24, 2.45) is 0 Å². The van der Waals surface area contributed by atoms with E-state index >= 15 is 0 Å². The predicted molar refractivity (Wildman–Crippen MR) is 382 cm³/mol. The Morgan fingerprint density at radius 1 is 0.648 bits per heavy atom. The molecular formula is C86H91NO. The summed E-state index contributed by atoms with van der Waals surface area (Å²) in [7, 11) is 0. The highest BCUT2D eigenvalue weighted by atomic mass is 16.5. The maximum atomic E-state index is 7.40. The predicted octanol–water partition coefficient (Wildman–Crippen LogP) is 24.4. The zero-order valence-corrected chi connectivity index (χ0v) is 54.5. The molecule has 1 spiro atoms. The Morgan fingerprint density at radius 3 is 2.02 bits per heavy atom. The molecule has 0 radical (unpaired) electrons. The smallest absolute Gasteiger partial charge is 0.140 e. The number of aryl methyl sites for hydroxylation is 1. The standard InChI is InChI=1S/C72H63NO.C7H12.C3H4.2C2H6/c1-7-8-12-25-49-36-42-62-68(48(49)3)74-69-55-29-17-16-26-50(55)37-43-63(69)72(62)60-33-21-19-31-58(60)67-61(72)34-23-35-66(67)73(52-39-41-57-56-30-18-20-32-59(56)70(4,5)64(57)45-52)53-38-40-54-47(2)24-13-9-10-22-44-71(6,65(54)46-53)51-27-14-11-15-28-51;1-3-5-7-6-4-2;1-3-2;2*1-2/h7,9-11,13-21,23-24,26-43,45-47H,1,8,12,22,25,44H2,2-6H3;3,5-7H,4H2,1-2H3;1H,2H3;2*1-2H3/b10-9-,24-13-;5-3-,7-6-;;;. The van der Waals surface area contributed by atoms with Crippen LogP contribution in [-0.2, 0) is 22.7 Å². The largest absolute Gasteiger partial charge is 0.456 e. The summed E-state index contributed by atoms with van der Waals surface area (Å²) in [6.07, 6.45) is 30.1. The van der Waals surface area contributed by atoms with Crippen molar-refractivity contribution in [1.82, 2.24) is 0 Å². The fourth-order valence-corrected chi connectivity index (χ4v) is 14.1. The minimum Gasteiger partial charge on any atom is -0.456 e. The van der Waals surface area contributed by atoms with Gasteiger partial charge in [-0.2, -0.15) is 0 Å². The van der Waals surface area contributed by atoms with Gasteiger partial charge < -0.3 is 9.64 Å². The van der Waals surface area contributed by atoms with E-state index in [0.29, 0.717) is 0 Å². The van der Waals surface area contributed by atoms with Crippen molar-refractivity contribution in [3.63, 3.8) is 0 Å². The molecule has 0 fully saturated rings. The molecule has 3 unspecified atom stereocenters. The monoisotopic (exact) mass is 1150 g/mol. The molecule has 9 aromatic rings.